The maximum absolute atomic E-state index is 4.74. The Bertz CT molecular complexity index is 859. The van der Waals surface area contributed by atoms with Crippen LogP contribution < -0.4 is 5.32 Å². The third-order valence-corrected chi connectivity index (χ3v) is 5.67. The van der Waals surface area contributed by atoms with E-state index in [2.05, 4.69) is 48.6 Å². The van der Waals surface area contributed by atoms with Gasteiger partial charge in [-0.2, -0.15) is 4.37 Å². The van der Waals surface area contributed by atoms with Crippen LogP contribution in [-0.2, 0) is 19.4 Å². The van der Waals surface area contributed by atoms with Crippen LogP contribution >= 0.6 is 11.5 Å². The predicted molar refractivity (Wildman–Crippen MR) is 111 cm³/mol. The van der Waals surface area contributed by atoms with Crippen molar-refractivity contribution in [3.05, 3.63) is 54.0 Å². The van der Waals surface area contributed by atoms with Crippen LogP contribution in [0.2, 0.25) is 0 Å². The summed E-state index contributed by atoms with van der Waals surface area (Å²) in [5.74, 6) is 2.43. The van der Waals surface area contributed by atoms with E-state index in [9.17, 15) is 0 Å². The standard InChI is InChI=1S/C20H25N7S/c1-2-18-21-11-16(12-22-18)13-27-8-6-15(7-9-27)10-17-4-3-5-19(25-17)26-20-23-14-24-28-20/h3-5,11-12,14-15H,2,6-10,13H2,1H3,(H,23,24,25,26). The molecule has 3 aromatic heterocycles. The number of aromatic nitrogens is 5. The molecule has 1 aliphatic rings. The summed E-state index contributed by atoms with van der Waals surface area (Å²) in [5, 5.41) is 3.99. The normalized spacial score (nSPS) is 15.6. The van der Waals surface area contributed by atoms with Gasteiger partial charge < -0.3 is 5.32 Å². The number of rotatable bonds is 7. The topological polar surface area (TPSA) is 79.7 Å². The molecule has 28 heavy (non-hydrogen) atoms. The van der Waals surface area contributed by atoms with Crippen LogP contribution in [0, 0.1) is 5.92 Å². The minimum Gasteiger partial charge on any atom is -0.315 e. The average Bonchev–Trinajstić information content (AvgIpc) is 3.23. The number of nitrogens with zero attached hydrogens (tertiary/aromatic N) is 6. The molecule has 0 amide bonds. The van der Waals surface area contributed by atoms with Crippen LogP contribution in [0.4, 0.5) is 10.9 Å². The molecule has 0 aromatic carbocycles. The molecule has 1 saturated heterocycles. The summed E-state index contributed by atoms with van der Waals surface area (Å²) >= 11 is 1.34. The van der Waals surface area contributed by atoms with Crippen molar-refractivity contribution in [3.63, 3.8) is 0 Å². The number of likely N-dealkylation sites (tertiary alicyclic amines) is 1. The van der Waals surface area contributed by atoms with Crippen LogP contribution in [0.15, 0.2) is 36.9 Å². The minimum atomic E-state index is 0.680. The van der Waals surface area contributed by atoms with Gasteiger partial charge >= 0.3 is 0 Å². The number of pyridine rings is 1. The lowest BCUT2D eigenvalue weighted by molar-refractivity contribution is 0.176. The molecule has 1 fully saturated rings. The van der Waals surface area contributed by atoms with E-state index in [1.165, 1.54) is 29.9 Å². The first-order chi connectivity index (χ1) is 13.8. The first kappa shape index (κ1) is 18.9. The van der Waals surface area contributed by atoms with Crippen LogP contribution in [0.3, 0.4) is 0 Å². The fraction of sp³-hybridized carbons (Fsp3) is 0.450. The van der Waals surface area contributed by atoms with Gasteiger partial charge in [-0.1, -0.05) is 13.0 Å². The van der Waals surface area contributed by atoms with Crippen molar-refractivity contribution >= 4 is 22.5 Å². The van der Waals surface area contributed by atoms with E-state index in [0.717, 1.165) is 54.9 Å². The Morgan fingerprint density at radius 3 is 2.68 bits per heavy atom. The van der Waals surface area contributed by atoms with E-state index in [-0.39, 0.29) is 0 Å². The maximum atomic E-state index is 4.74. The van der Waals surface area contributed by atoms with Crippen LogP contribution in [-0.4, -0.2) is 42.3 Å². The molecule has 1 aliphatic heterocycles. The molecule has 0 atom stereocenters. The van der Waals surface area contributed by atoms with Gasteiger partial charge in [-0.15, -0.1) is 0 Å². The van der Waals surface area contributed by atoms with E-state index < -0.39 is 0 Å². The largest absolute Gasteiger partial charge is 0.315 e. The van der Waals surface area contributed by atoms with E-state index in [1.807, 2.05) is 18.5 Å². The molecular formula is C20H25N7S. The number of anilines is 2. The second kappa shape index (κ2) is 9.16. The highest BCUT2D eigenvalue weighted by atomic mass is 32.1. The molecule has 0 unspecified atom stereocenters. The Morgan fingerprint density at radius 2 is 1.96 bits per heavy atom. The molecule has 146 valence electrons. The predicted octanol–water partition coefficient (Wildman–Crippen LogP) is 3.48. The SMILES string of the molecule is CCc1ncc(CN2CCC(Cc3cccc(Nc4ncns4)n3)CC2)cn1. The molecule has 0 saturated carbocycles. The maximum Gasteiger partial charge on any atom is 0.207 e. The van der Waals surface area contributed by atoms with Crippen LogP contribution in [0.1, 0.15) is 36.8 Å². The van der Waals surface area contributed by atoms with E-state index in [1.54, 1.807) is 6.33 Å². The van der Waals surface area contributed by atoms with Gasteiger partial charge in [-0.05, 0) is 50.4 Å². The molecule has 8 heteroatoms. The quantitative estimate of drug-likeness (QED) is 0.656. The summed E-state index contributed by atoms with van der Waals surface area (Å²) in [6.45, 7) is 5.25. The Morgan fingerprint density at radius 1 is 1.14 bits per heavy atom. The van der Waals surface area contributed by atoms with Crippen molar-refractivity contribution in [1.82, 2.24) is 29.2 Å². The van der Waals surface area contributed by atoms with Gasteiger partial charge in [0.05, 0.1) is 0 Å². The second-order valence-corrected chi connectivity index (χ2v) is 7.95. The number of nitrogens with one attached hydrogen (secondary N) is 1. The monoisotopic (exact) mass is 395 g/mol. The Hall–Kier alpha value is -2.45. The molecule has 1 N–H and O–H groups in total. The molecule has 3 aromatic rings. The molecule has 0 spiro atoms. The molecule has 4 rings (SSSR count). The third-order valence-electron chi connectivity index (χ3n) is 5.09. The van der Waals surface area contributed by atoms with Crippen molar-refractivity contribution in [2.75, 3.05) is 18.4 Å². The summed E-state index contributed by atoms with van der Waals surface area (Å²) in [6.07, 6.45) is 9.80. The molecule has 0 aliphatic carbocycles. The highest BCUT2D eigenvalue weighted by molar-refractivity contribution is 7.09. The fourth-order valence-corrected chi connectivity index (χ4v) is 3.99. The molecule has 4 heterocycles. The first-order valence-electron chi connectivity index (χ1n) is 9.80. The lowest BCUT2D eigenvalue weighted by Gasteiger charge is -2.31. The zero-order valence-electron chi connectivity index (χ0n) is 16.1. The second-order valence-electron chi connectivity index (χ2n) is 7.17. The lowest BCUT2D eigenvalue weighted by Crippen LogP contribution is -2.34. The van der Waals surface area contributed by atoms with Gasteiger partial charge in [0.15, 0.2) is 0 Å². The number of hydrogen-bond acceptors (Lipinski definition) is 8. The highest BCUT2D eigenvalue weighted by Gasteiger charge is 2.20. The van der Waals surface area contributed by atoms with E-state index >= 15 is 0 Å². The summed E-state index contributed by atoms with van der Waals surface area (Å²) in [5.41, 5.74) is 2.34. The van der Waals surface area contributed by atoms with Crippen molar-refractivity contribution in [3.8, 4) is 0 Å². The zero-order chi connectivity index (χ0) is 19.2. The number of aryl methyl sites for hydroxylation is 1. The zero-order valence-corrected chi connectivity index (χ0v) is 16.9. The van der Waals surface area contributed by atoms with Crippen LogP contribution in [0.25, 0.3) is 0 Å². The summed E-state index contributed by atoms with van der Waals surface area (Å²) in [4.78, 5) is 20.2. The minimum absolute atomic E-state index is 0.680. The van der Waals surface area contributed by atoms with E-state index in [0.29, 0.717) is 5.92 Å². The summed E-state index contributed by atoms with van der Waals surface area (Å²) in [6, 6.07) is 6.14. The van der Waals surface area contributed by atoms with Crippen molar-refractivity contribution < 1.29 is 0 Å². The summed E-state index contributed by atoms with van der Waals surface area (Å²) in [7, 11) is 0. The van der Waals surface area contributed by atoms with E-state index in [4.69, 9.17) is 4.98 Å². The van der Waals surface area contributed by atoms with Gasteiger partial charge in [-0.25, -0.2) is 19.9 Å². The summed E-state index contributed by atoms with van der Waals surface area (Å²) < 4.78 is 4.01. The van der Waals surface area contributed by atoms with Crippen molar-refractivity contribution in [2.45, 2.75) is 39.2 Å². The Labute approximate surface area is 169 Å². The van der Waals surface area contributed by atoms with Gasteiger partial charge in [0.25, 0.3) is 0 Å². The molecule has 0 radical (unpaired) electrons. The van der Waals surface area contributed by atoms with Gasteiger partial charge in [-0.3, -0.25) is 4.90 Å². The Kier molecular flexibility index (Phi) is 6.18. The van der Waals surface area contributed by atoms with Crippen molar-refractivity contribution in [1.29, 1.82) is 0 Å². The van der Waals surface area contributed by atoms with Gasteiger partial charge in [0.1, 0.15) is 18.0 Å². The van der Waals surface area contributed by atoms with Gasteiger partial charge in [0.2, 0.25) is 5.13 Å². The fourth-order valence-electron chi connectivity index (χ4n) is 3.55. The van der Waals surface area contributed by atoms with Gasteiger partial charge in [0, 0.05) is 48.1 Å². The van der Waals surface area contributed by atoms with Crippen LogP contribution in [0.5, 0.6) is 0 Å². The Balaban J connectivity index is 1.27. The molecular weight excluding hydrogens is 370 g/mol. The smallest absolute Gasteiger partial charge is 0.207 e. The van der Waals surface area contributed by atoms with Crippen molar-refractivity contribution in [2.24, 2.45) is 5.92 Å². The lowest BCUT2D eigenvalue weighted by atomic mass is 9.92. The first-order valence-corrected chi connectivity index (χ1v) is 10.6. The third kappa shape index (κ3) is 5.08. The highest BCUT2D eigenvalue weighted by Crippen LogP contribution is 2.23. The molecule has 0 bridgehead atoms. The molecule has 7 nitrogen and oxygen atoms in total. The number of hydrogen-bond donors (Lipinski definition) is 1. The average molecular weight is 396 g/mol. The number of piperidine rings is 1.